The zero-order valence-electron chi connectivity index (χ0n) is 12.3. The Hall–Kier alpha value is 0.177. The first-order chi connectivity index (χ1) is 8.28. The molecular formula is C14H26BrNOSi. The summed E-state index contributed by atoms with van der Waals surface area (Å²) in [5, 5.41) is 4.48. The van der Waals surface area contributed by atoms with Crippen molar-refractivity contribution in [2.24, 2.45) is 0 Å². The molecule has 18 heavy (non-hydrogen) atoms. The number of hydrogen-bond donors (Lipinski definition) is 1. The van der Waals surface area contributed by atoms with Crippen LogP contribution in [0.5, 0.6) is 0 Å². The van der Waals surface area contributed by atoms with Crippen LogP contribution in [-0.2, 0) is 4.43 Å². The van der Waals surface area contributed by atoms with Crippen molar-refractivity contribution in [2.45, 2.75) is 63.9 Å². The van der Waals surface area contributed by atoms with E-state index in [1.54, 1.807) is 0 Å². The summed E-state index contributed by atoms with van der Waals surface area (Å²) in [5.74, 6) is 6.40. The summed E-state index contributed by atoms with van der Waals surface area (Å²) in [6, 6.07) is 0.199. The van der Waals surface area contributed by atoms with E-state index >= 15 is 0 Å². The van der Waals surface area contributed by atoms with Crippen LogP contribution >= 0.6 is 15.9 Å². The SMILES string of the molecule is CC(C)(C)[Si](C)(C)O[C@H]1CCCN[C@@H]1C#CCBr. The molecule has 104 valence electrons. The van der Waals surface area contributed by atoms with E-state index in [1.807, 2.05) is 0 Å². The lowest BCUT2D eigenvalue weighted by Gasteiger charge is -2.42. The van der Waals surface area contributed by atoms with Crippen molar-refractivity contribution in [1.29, 1.82) is 0 Å². The van der Waals surface area contributed by atoms with Gasteiger partial charge >= 0.3 is 0 Å². The molecule has 0 aliphatic carbocycles. The molecule has 1 aliphatic rings. The highest BCUT2D eigenvalue weighted by atomic mass is 79.9. The molecule has 1 saturated heterocycles. The molecule has 2 atom stereocenters. The van der Waals surface area contributed by atoms with Crippen molar-refractivity contribution in [1.82, 2.24) is 5.32 Å². The molecule has 0 saturated carbocycles. The van der Waals surface area contributed by atoms with Crippen LogP contribution in [0.2, 0.25) is 18.1 Å². The summed E-state index contributed by atoms with van der Waals surface area (Å²) in [5.41, 5.74) is 0. The van der Waals surface area contributed by atoms with Crippen LogP contribution in [0.4, 0.5) is 0 Å². The van der Waals surface area contributed by atoms with E-state index in [0.717, 1.165) is 18.3 Å². The highest BCUT2D eigenvalue weighted by Crippen LogP contribution is 2.38. The molecule has 0 unspecified atom stereocenters. The lowest BCUT2D eigenvalue weighted by Crippen LogP contribution is -2.52. The molecule has 0 aromatic carbocycles. The van der Waals surface area contributed by atoms with Crippen molar-refractivity contribution in [3.63, 3.8) is 0 Å². The van der Waals surface area contributed by atoms with Gasteiger partial charge in [-0.15, -0.1) is 0 Å². The van der Waals surface area contributed by atoms with Gasteiger partial charge in [-0.1, -0.05) is 48.5 Å². The van der Waals surface area contributed by atoms with Crippen LogP contribution in [-0.4, -0.2) is 32.3 Å². The average molecular weight is 332 g/mol. The van der Waals surface area contributed by atoms with E-state index in [4.69, 9.17) is 4.43 Å². The lowest BCUT2D eigenvalue weighted by atomic mass is 10.0. The fourth-order valence-electron chi connectivity index (χ4n) is 1.83. The highest BCUT2D eigenvalue weighted by molar-refractivity contribution is 9.09. The third kappa shape index (κ3) is 4.38. The Kier molecular flexibility index (Phi) is 5.92. The van der Waals surface area contributed by atoms with Gasteiger partial charge in [-0.25, -0.2) is 0 Å². The quantitative estimate of drug-likeness (QED) is 0.475. The monoisotopic (exact) mass is 331 g/mol. The molecule has 0 aromatic rings. The van der Waals surface area contributed by atoms with Gasteiger partial charge in [-0.3, -0.25) is 0 Å². The molecule has 2 nitrogen and oxygen atoms in total. The molecule has 0 spiro atoms. The summed E-state index contributed by atoms with van der Waals surface area (Å²) in [6.07, 6.45) is 2.57. The Balaban J connectivity index is 2.73. The van der Waals surface area contributed by atoms with E-state index in [2.05, 4.69) is 67.0 Å². The number of nitrogens with one attached hydrogen (secondary N) is 1. The number of hydrogen-bond acceptors (Lipinski definition) is 2. The van der Waals surface area contributed by atoms with Crippen LogP contribution in [0.15, 0.2) is 0 Å². The Bertz CT molecular complexity index is 327. The van der Waals surface area contributed by atoms with Crippen LogP contribution in [0.3, 0.4) is 0 Å². The second-order valence-corrected chi connectivity index (χ2v) is 11.8. The number of rotatable bonds is 2. The minimum absolute atomic E-state index is 0.199. The minimum atomic E-state index is -1.69. The smallest absolute Gasteiger partial charge is 0.192 e. The molecule has 0 radical (unpaired) electrons. The normalized spacial score (nSPS) is 25.4. The van der Waals surface area contributed by atoms with Gasteiger partial charge in [-0.2, -0.15) is 0 Å². The molecule has 1 rings (SSSR count). The fraction of sp³-hybridized carbons (Fsp3) is 0.857. The van der Waals surface area contributed by atoms with Crippen molar-refractivity contribution < 1.29 is 4.43 Å². The first-order valence-corrected chi connectivity index (χ1v) is 10.8. The van der Waals surface area contributed by atoms with Gasteiger partial charge in [0.15, 0.2) is 8.32 Å². The van der Waals surface area contributed by atoms with Crippen molar-refractivity contribution in [3.05, 3.63) is 0 Å². The minimum Gasteiger partial charge on any atom is -0.411 e. The molecule has 0 aromatic heterocycles. The van der Waals surface area contributed by atoms with Gasteiger partial charge in [0.2, 0.25) is 0 Å². The number of piperidine rings is 1. The first-order valence-electron chi connectivity index (χ1n) is 6.73. The standard InChI is InChI=1S/C14H26BrNOSi/c1-14(2,3)18(4,5)17-13-9-7-11-16-12(13)8-6-10-15/h12-13,16H,7,9-11H2,1-5H3/t12-,13+/m1/s1. The molecule has 1 aliphatic heterocycles. The molecule has 0 amide bonds. The summed E-state index contributed by atoms with van der Waals surface area (Å²) >= 11 is 3.36. The number of alkyl halides is 1. The zero-order chi connectivity index (χ0) is 13.8. The van der Waals surface area contributed by atoms with Gasteiger partial charge < -0.3 is 9.74 Å². The molecule has 1 fully saturated rings. The van der Waals surface area contributed by atoms with E-state index in [0.29, 0.717) is 0 Å². The Morgan fingerprint density at radius 2 is 2.06 bits per heavy atom. The second kappa shape index (κ2) is 6.56. The molecular weight excluding hydrogens is 306 g/mol. The van der Waals surface area contributed by atoms with Crippen molar-refractivity contribution >= 4 is 24.2 Å². The summed E-state index contributed by atoms with van der Waals surface area (Å²) in [7, 11) is -1.69. The predicted octanol–water partition coefficient (Wildman–Crippen LogP) is 3.53. The zero-order valence-corrected chi connectivity index (χ0v) is 14.9. The van der Waals surface area contributed by atoms with Gasteiger partial charge in [-0.05, 0) is 37.5 Å². The average Bonchev–Trinajstić information content (AvgIpc) is 2.26. The topological polar surface area (TPSA) is 21.3 Å². The lowest BCUT2D eigenvalue weighted by molar-refractivity contribution is 0.126. The highest BCUT2D eigenvalue weighted by Gasteiger charge is 2.40. The second-order valence-electron chi connectivity index (χ2n) is 6.45. The molecule has 0 bridgehead atoms. The van der Waals surface area contributed by atoms with Gasteiger partial charge in [0, 0.05) is 0 Å². The molecule has 1 N–H and O–H groups in total. The van der Waals surface area contributed by atoms with Gasteiger partial charge in [0.25, 0.3) is 0 Å². The third-order valence-corrected chi connectivity index (χ3v) is 8.76. The van der Waals surface area contributed by atoms with Crippen molar-refractivity contribution in [2.75, 3.05) is 11.9 Å². The molecule has 1 heterocycles. The summed E-state index contributed by atoms with van der Waals surface area (Å²) in [4.78, 5) is 0. The van der Waals surface area contributed by atoms with E-state index in [-0.39, 0.29) is 17.2 Å². The third-order valence-electron chi connectivity index (χ3n) is 3.98. The van der Waals surface area contributed by atoms with Crippen LogP contribution < -0.4 is 5.32 Å². The van der Waals surface area contributed by atoms with Crippen molar-refractivity contribution in [3.8, 4) is 11.8 Å². The predicted molar refractivity (Wildman–Crippen MR) is 84.7 cm³/mol. The Morgan fingerprint density at radius 3 is 2.61 bits per heavy atom. The van der Waals surface area contributed by atoms with Gasteiger partial charge in [0.1, 0.15) is 0 Å². The van der Waals surface area contributed by atoms with Crippen LogP contribution in [0.1, 0.15) is 33.6 Å². The van der Waals surface area contributed by atoms with E-state index in [9.17, 15) is 0 Å². The van der Waals surface area contributed by atoms with E-state index in [1.165, 1.54) is 6.42 Å². The Morgan fingerprint density at radius 1 is 1.39 bits per heavy atom. The van der Waals surface area contributed by atoms with Crippen LogP contribution in [0.25, 0.3) is 0 Å². The maximum atomic E-state index is 6.51. The number of halogens is 1. The largest absolute Gasteiger partial charge is 0.411 e. The fourth-order valence-corrected chi connectivity index (χ4v) is 3.36. The van der Waals surface area contributed by atoms with Crippen LogP contribution in [0, 0.1) is 11.8 Å². The Labute approximate surface area is 122 Å². The summed E-state index contributed by atoms with van der Waals surface area (Å²) in [6.45, 7) is 12.5. The molecule has 4 heteroatoms. The summed E-state index contributed by atoms with van der Waals surface area (Å²) < 4.78 is 6.51. The van der Waals surface area contributed by atoms with E-state index < -0.39 is 8.32 Å². The maximum absolute atomic E-state index is 6.51. The first kappa shape index (κ1) is 16.2. The van der Waals surface area contributed by atoms with Gasteiger partial charge in [0.05, 0.1) is 17.5 Å². The maximum Gasteiger partial charge on any atom is 0.192 e.